The van der Waals surface area contributed by atoms with Crippen molar-refractivity contribution in [3.63, 3.8) is 0 Å². The summed E-state index contributed by atoms with van der Waals surface area (Å²) in [7, 11) is 4.65. The Morgan fingerprint density at radius 3 is 2.60 bits per heavy atom. The van der Waals surface area contributed by atoms with Gasteiger partial charge in [-0.1, -0.05) is 12.1 Å². The van der Waals surface area contributed by atoms with Gasteiger partial charge in [-0.15, -0.1) is 0 Å². The first-order valence-electron chi connectivity index (χ1n) is 7.68. The van der Waals surface area contributed by atoms with Crippen molar-refractivity contribution in [1.29, 1.82) is 0 Å². The third-order valence-corrected chi connectivity index (χ3v) is 3.97. The van der Waals surface area contributed by atoms with Crippen molar-refractivity contribution >= 4 is 23.3 Å². The van der Waals surface area contributed by atoms with Gasteiger partial charge in [0.25, 0.3) is 0 Å². The molecule has 25 heavy (non-hydrogen) atoms. The molecule has 1 unspecified atom stereocenters. The van der Waals surface area contributed by atoms with Gasteiger partial charge < -0.3 is 29.6 Å². The molecule has 1 aromatic rings. The highest BCUT2D eigenvalue weighted by Crippen LogP contribution is 2.38. The topological polar surface area (TPSA) is 78.1 Å². The van der Waals surface area contributed by atoms with E-state index in [4.69, 9.17) is 31.2 Å². The lowest BCUT2D eigenvalue weighted by atomic mass is 9.94. The number of ether oxygens (including phenoxy) is 4. The molecule has 0 bridgehead atoms. The van der Waals surface area contributed by atoms with E-state index in [0.29, 0.717) is 34.5 Å². The molecule has 0 aliphatic carbocycles. The molecule has 1 atom stereocenters. The Kier molecular flexibility index (Phi) is 6.60. The first-order chi connectivity index (χ1) is 12.0. The van der Waals surface area contributed by atoms with Crippen LogP contribution in [-0.4, -0.2) is 45.6 Å². The molecule has 2 rings (SSSR count). The van der Waals surface area contributed by atoms with Crippen molar-refractivity contribution in [3.05, 3.63) is 35.0 Å². The van der Waals surface area contributed by atoms with Gasteiger partial charge in [0.1, 0.15) is 6.61 Å². The zero-order chi connectivity index (χ0) is 18.4. The Balaban J connectivity index is 2.44. The van der Waals surface area contributed by atoms with Crippen molar-refractivity contribution in [2.45, 2.75) is 13.0 Å². The lowest BCUT2D eigenvalue weighted by Gasteiger charge is -2.31. The smallest absolute Gasteiger partial charge is 0.338 e. The zero-order valence-electron chi connectivity index (χ0n) is 14.7. The molecule has 2 N–H and O–H groups in total. The van der Waals surface area contributed by atoms with Gasteiger partial charge in [0, 0.05) is 18.4 Å². The maximum Gasteiger partial charge on any atom is 0.338 e. The summed E-state index contributed by atoms with van der Waals surface area (Å²) in [5.41, 5.74) is 1.78. The molecule has 0 radical (unpaired) electrons. The van der Waals surface area contributed by atoms with Crippen LogP contribution in [-0.2, 0) is 14.3 Å². The molecule has 1 heterocycles. The van der Waals surface area contributed by atoms with Crippen molar-refractivity contribution < 1.29 is 23.7 Å². The number of methoxy groups -OCH3 is 3. The summed E-state index contributed by atoms with van der Waals surface area (Å²) in [5.74, 6) is 0.644. The summed E-state index contributed by atoms with van der Waals surface area (Å²) in [5, 5.41) is 6.49. The van der Waals surface area contributed by atoms with Crippen LogP contribution in [0.1, 0.15) is 18.5 Å². The SMILES string of the molecule is COCCOC(=O)C1=C(C)NC(=S)NC1c1cccc(OC)c1OC. The van der Waals surface area contributed by atoms with Crippen LogP contribution in [0.3, 0.4) is 0 Å². The Morgan fingerprint density at radius 1 is 1.20 bits per heavy atom. The van der Waals surface area contributed by atoms with Crippen LogP contribution in [0.25, 0.3) is 0 Å². The normalized spacial score (nSPS) is 16.8. The fourth-order valence-corrected chi connectivity index (χ4v) is 2.90. The van der Waals surface area contributed by atoms with Crippen LogP contribution in [0.5, 0.6) is 11.5 Å². The zero-order valence-corrected chi connectivity index (χ0v) is 15.5. The number of para-hydroxylation sites is 1. The molecule has 1 aliphatic rings. The van der Waals surface area contributed by atoms with Gasteiger partial charge in [0.05, 0.1) is 32.4 Å². The number of allylic oxidation sites excluding steroid dienone is 1. The van der Waals surface area contributed by atoms with E-state index in [1.807, 2.05) is 12.1 Å². The van der Waals surface area contributed by atoms with Gasteiger partial charge in [0.15, 0.2) is 16.6 Å². The highest BCUT2D eigenvalue weighted by Gasteiger charge is 2.33. The van der Waals surface area contributed by atoms with E-state index in [-0.39, 0.29) is 6.61 Å². The highest BCUT2D eigenvalue weighted by molar-refractivity contribution is 7.80. The van der Waals surface area contributed by atoms with E-state index in [9.17, 15) is 4.79 Å². The van der Waals surface area contributed by atoms with Gasteiger partial charge >= 0.3 is 5.97 Å². The predicted molar refractivity (Wildman–Crippen MR) is 96.7 cm³/mol. The second kappa shape index (κ2) is 8.68. The summed E-state index contributed by atoms with van der Waals surface area (Å²) in [4.78, 5) is 12.6. The molecule has 0 aromatic heterocycles. The molecule has 0 spiro atoms. The predicted octanol–water partition coefficient (Wildman–Crippen LogP) is 1.69. The van der Waals surface area contributed by atoms with E-state index in [2.05, 4.69) is 10.6 Å². The van der Waals surface area contributed by atoms with Crippen molar-refractivity contribution in [3.8, 4) is 11.5 Å². The highest BCUT2D eigenvalue weighted by atomic mass is 32.1. The standard InChI is InChI=1S/C17H22N2O5S/c1-10-13(16(20)24-9-8-21-2)14(19-17(25)18-10)11-6-5-7-12(22-3)15(11)23-4/h5-7,14H,8-9H2,1-4H3,(H2,18,19,25). The van der Waals surface area contributed by atoms with E-state index in [1.165, 1.54) is 0 Å². The Morgan fingerprint density at radius 2 is 1.96 bits per heavy atom. The van der Waals surface area contributed by atoms with E-state index < -0.39 is 12.0 Å². The average molecular weight is 366 g/mol. The summed E-state index contributed by atoms with van der Waals surface area (Å²) in [6, 6.07) is 4.94. The number of benzene rings is 1. The Bertz CT molecular complexity index is 690. The molecule has 1 aromatic carbocycles. The minimum atomic E-state index is -0.520. The first-order valence-corrected chi connectivity index (χ1v) is 8.09. The largest absolute Gasteiger partial charge is 0.493 e. The Labute approximate surface area is 152 Å². The van der Waals surface area contributed by atoms with Crippen LogP contribution in [0.15, 0.2) is 29.5 Å². The number of thiocarbonyl (C=S) groups is 1. The molecule has 8 heteroatoms. The van der Waals surface area contributed by atoms with Gasteiger partial charge in [-0.25, -0.2) is 4.79 Å². The van der Waals surface area contributed by atoms with Crippen LogP contribution in [0.4, 0.5) is 0 Å². The number of hydrogen-bond acceptors (Lipinski definition) is 6. The summed E-state index contributed by atoms with van der Waals surface area (Å²) in [6.07, 6.45) is 0. The van der Waals surface area contributed by atoms with E-state index >= 15 is 0 Å². The minimum Gasteiger partial charge on any atom is -0.493 e. The summed E-state index contributed by atoms with van der Waals surface area (Å²) in [6.45, 7) is 2.27. The van der Waals surface area contributed by atoms with Gasteiger partial charge in [0.2, 0.25) is 0 Å². The number of nitrogens with one attached hydrogen (secondary N) is 2. The maximum absolute atomic E-state index is 12.6. The molecular weight excluding hydrogens is 344 g/mol. The number of carbonyl (C=O) groups is 1. The molecule has 1 aliphatic heterocycles. The first kappa shape index (κ1) is 19.0. The quantitative estimate of drug-likeness (QED) is 0.429. The second-order valence-electron chi connectivity index (χ2n) is 5.28. The Hall–Kier alpha value is -2.32. The minimum absolute atomic E-state index is 0.165. The number of hydrogen-bond donors (Lipinski definition) is 2. The van der Waals surface area contributed by atoms with Crippen molar-refractivity contribution in [2.24, 2.45) is 0 Å². The molecule has 136 valence electrons. The van der Waals surface area contributed by atoms with E-state index in [1.54, 1.807) is 34.3 Å². The van der Waals surface area contributed by atoms with E-state index in [0.717, 1.165) is 5.56 Å². The third-order valence-electron chi connectivity index (χ3n) is 3.75. The van der Waals surface area contributed by atoms with Crippen LogP contribution in [0.2, 0.25) is 0 Å². The van der Waals surface area contributed by atoms with Crippen LogP contribution >= 0.6 is 12.2 Å². The molecule has 0 fully saturated rings. The molecule has 0 amide bonds. The molecule has 7 nitrogen and oxygen atoms in total. The molecule has 0 saturated carbocycles. The fraction of sp³-hybridized carbons (Fsp3) is 0.412. The van der Waals surface area contributed by atoms with Gasteiger partial charge in [-0.3, -0.25) is 0 Å². The fourth-order valence-electron chi connectivity index (χ4n) is 2.63. The maximum atomic E-state index is 12.6. The van der Waals surface area contributed by atoms with Crippen LogP contribution in [0, 0.1) is 0 Å². The third kappa shape index (κ3) is 4.21. The van der Waals surface area contributed by atoms with Gasteiger partial charge in [-0.2, -0.15) is 0 Å². The van der Waals surface area contributed by atoms with Crippen molar-refractivity contribution in [1.82, 2.24) is 10.6 Å². The molecule has 0 saturated heterocycles. The monoisotopic (exact) mass is 366 g/mol. The summed E-state index contributed by atoms with van der Waals surface area (Å²) >= 11 is 5.25. The summed E-state index contributed by atoms with van der Waals surface area (Å²) < 4.78 is 21.1. The number of esters is 1. The van der Waals surface area contributed by atoms with Gasteiger partial charge in [-0.05, 0) is 25.2 Å². The lowest BCUT2D eigenvalue weighted by molar-refractivity contribution is -0.140. The van der Waals surface area contributed by atoms with Crippen LogP contribution < -0.4 is 20.1 Å². The average Bonchev–Trinajstić information content (AvgIpc) is 2.60. The lowest BCUT2D eigenvalue weighted by Crippen LogP contribution is -2.45. The second-order valence-corrected chi connectivity index (χ2v) is 5.69. The van der Waals surface area contributed by atoms with Crippen molar-refractivity contribution in [2.75, 3.05) is 34.5 Å². The molecular formula is C17H22N2O5S. The number of carbonyl (C=O) groups excluding carboxylic acids is 1. The number of rotatable bonds is 7.